The van der Waals surface area contributed by atoms with Gasteiger partial charge in [-0.1, -0.05) is 18.9 Å². The van der Waals surface area contributed by atoms with E-state index in [0.717, 1.165) is 18.4 Å². The van der Waals surface area contributed by atoms with E-state index < -0.39 is 6.10 Å². The lowest BCUT2D eigenvalue weighted by atomic mass is 9.63. The first kappa shape index (κ1) is 9.91. The minimum absolute atomic E-state index is 0.0422. The van der Waals surface area contributed by atoms with Crippen molar-refractivity contribution >= 4 is 5.78 Å². The second-order valence-corrected chi connectivity index (χ2v) is 4.96. The molecule has 2 unspecified atom stereocenters. The van der Waals surface area contributed by atoms with Gasteiger partial charge in [0.2, 0.25) is 0 Å². The predicted molar refractivity (Wildman–Crippen MR) is 54.9 cm³/mol. The van der Waals surface area contributed by atoms with Gasteiger partial charge in [-0.2, -0.15) is 0 Å². The number of aliphatic hydroxyl groups is 1. The van der Waals surface area contributed by atoms with Gasteiger partial charge in [-0.25, -0.2) is 0 Å². The monoisotopic (exact) mass is 194 g/mol. The Labute approximate surface area is 85.0 Å². The van der Waals surface area contributed by atoms with Gasteiger partial charge in [0.15, 0.2) is 5.78 Å². The topological polar surface area (TPSA) is 37.3 Å². The SMILES string of the molecule is CC1=C2CCCCC2(C)CC(O)C1=O. The fourth-order valence-corrected chi connectivity index (χ4v) is 3.05. The van der Waals surface area contributed by atoms with Crippen molar-refractivity contribution in [2.24, 2.45) is 5.41 Å². The summed E-state index contributed by atoms with van der Waals surface area (Å²) < 4.78 is 0. The molecule has 2 rings (SSSR count). The van der Waals surface area contributed by atoms with Crippen molar-refractivity contribution in [2.45, 2.75) is 52.1 Å². The van der Waals surface area contributed by atoms with Crippen LogP contribution in [0.3, 0.4) is 0 Å². The molecule has 0 radical (unpaired) electrons. The number of Topliss-reactive ketones (excluding diaryl/α,β-unsaturated/α-hetero) is 1. The zero-order chi connectivity index (χ0) is 10.3. The molecule has 0 aromatic heterocycles. The van der Waals surface area contributed by atoms with Crippen molar-refractivity contribution in [1.29, 1.82) is 0 Å². The van der Waals surface area contributed by atoms with Crippen LogP contribution >= 0.6 is 0 Å². The van der Waals surface area contributed by atoms with Crippen LogP contribution in [0.2, 0.25) is 0 Å². The number of carbonyl (C=O) groups excluding carboxylic acids is 1. The van der Waals surface area contributed by atoms with Crippen LogP contribution in [0.5, 0.6) is 0 Å². The Morgan fingerprint density at radius 3 is 2.86 bits per heavy atom. The molecule has 0 aromatic carbocycles. The number of aliphatic hydroxyl groups excluding tert-OH is 1. The first-order valence-corrected chi connectivity index (χ1v) is 5.47. The molecule has 0 aromatic rings. The molecule has 0 saturated heterocycles. The maximum atomic E-state index is 11.6. The Hall–Kier alpha value is -0.630. The number of hydrogen-bond acceptors (Lipinski definition) is 2. The lowest BCUT2D eigenvalue weighted by molar-refractivity contribution is -0.126. The molecular formula is C12H18O2. The Bertz CT molecular complexity index is 303. The highest BCUT2D eigenvalue weighted by Crippen LogP contribution is 2.48. The third-order valence-electron chi connectivity index (χ3n) is 3.90. The molecular weight excluding hydrogens is 176 g/mol. The number of hydrogen-bond donors (Lipinski definition) is 1. The van der Waals surface area contributed by atoms with Crippen LogP contribution in [0.15, 0.2) is 11.1 Å². The molecule has 14 heavy (non-hydrogen) atoms. The minimum Gasteiger partial charge on any atom is -0.385 e. The summed E-state index contributed by atoms with van der Waals surface area (Å²) in [6.45, 7) is 4.07. The highest BCUT2D eigenvalue weighted by molar-refractivity contribution is 6.00. The van der Waals surface area contributed by atoms with Gasteiger partial charge in [0.1, 0.15) is 6.10 Å². The lowest BCUT2D eigenvalue weighted by Gasteiger charge is -2.42. The lowest BCUT2D eigenvalue weighted by Crippen LogP contribution is -2.39. The van der Waals surface area contributed by atoms with Crippen LogP contribution < -0.4 is 0 Å². The van der Waals surface area contributed by atoms with Crippen LogP contribution in [0.1, 0.15) is 46.0 Å². The number of carbonyl (C=O) groups is 1. The van der Waals surface area contributed by atoms with Gasteiger partial charge in [-0.3, -0.25) is 4.79 Å². The zero-order valence-corrected chi connectivity index (χ0v) is 8.97. The number of fused-ring (bicyclic) bond motifs is 1. The van der Waals surface area contributed by atoms with Crippen molar-refractivity contribution in [3.63, 3.8) is 0 Å². The average Bonchev–Trinajstić information content (AvgIpc) is 2.14. The Balaban J connectivity index is 2.43. The van der Waals surface area contributed by atoms with Crippen molar-refractivity contribution in [2.75, 3.05) is 0 Å². The quantitative estimate of drug-likeness (QED) is 0.642. The molecule has 1 fully saturated rings. The first-order valence-electron chi connectivity index (χ1n) is 5.47. The Morgan fingerprint density at radius 2 is 2.14 bits per heavy atom. The van der Waals surface area contributed by atoms with Gasteiger partial charge in [0.25, 0.3) is 0 Å². The van der Waals surface area contributed by atoms with Crippen molar-refractivity contribution < 1.29 is 9.90 Å². The summed E-state index contributed by atoms with van der Waals surface area (Å²) in [5.41, 5.74) is 2.26. The van der Waals surface area contributed by atoms with E-state index in [9.17, 15) is 9.90 Å². The standard InChI is InChI=1S/C12H18O2/c1-8-9-5-3-4-6-12(9,2)7-10(13)11(8)14/h10,13H,3-7H2,1-2H3. The van der Waals surface area contributed by atoms with Crippen LogP contribution in [0.25, 0.3) is 0 Å². The fourth-order valence-electron chi connectivity index (χ4n) is 3.05. The molecule has 0 heterocycles. The summed E-state index contributed by atoms with van der Waals surface area (Å²) in [5, 5.41) is 9.67. The molecule has 78 valence electrons. The highest BCUT2D eigenvalue weighted by Gasteiger charge is 2.41. The van der Waals surface area contributed by atoms with E-state index in [1.807, 2.05) is 6.92 Å². The second-order valence-electron chi connectivity index (χ2n) is 4.96. The molecule has 0 amide bonds. The number of ketones is 1. The molecule has 1 saturated carbocycles. The van der Waals surface area contributed by atoms with E-state index in [1.165, 1.54) is 18.4 Å². The zero-order valence-electron chi connectivity index (χ0n) is 8.97. The minimum atomic E-state index is -0.748. The molecule has 0 spiro atoms. The second kappa shape index (κ2) is 3.20. The predicted octanol–water partition coefficient (Wildman–Crippen LogP) is 2.22. The Kier molecular flexibility index (Phi) is 2.26. The third-order valence-corrected chi connectivity index (χ3v) is 3.90. The van der Waals surface area contributed by atoms with Gasteiger partial charge in [0.05, 0.1) is 0 Å². The largest absolute Gasteiger partial charge is 0.385 e. The van der Waals surface area contributed by atoms with Crippen molar-refractivity contribution in [3.05, 3.63) is 11.1 Å². The maximum absolute atomic E-state index is 11.6. The molecule has 2 atom stereocenters. The van der Waals surface area contributed by atoms with Crippen molar-refractivity contribution in [1.82, 2.24) is 0 Å². The van der Waals surface area contributed by atoms with E-state index in [4.69, 9.17) is 0 Å². The number of rotatable bonds is 0. The van der Waals surface area contributed by atoms with Gasteiger partial charge in [0, 0.05) is 0 Å². The third kappa shape index (κ3) is 1.33. The maximum Gasteiger partial charge on any atom is 0.186 e. The molecule has 2 aliphatic rings. The smallest absolute Gasteiger partial charge is 0.186 e. The van der Waals surface area contributed by atoms with E-state index in [1.54, 1.807) is 0 Å². The summed E-state index contributed by atoms with van der Waals surface area (Å²) in [5.74, 6) is -0.0422. The highest BCUT2D eigenvalue weighted by atomic mass is 16.3. The van der Waals surface area contributed by atoms with Crippen LogP contribution in [-0.2, 0) is 4.79 Å². The van der Waals surface area contributed by atoms with Gasteiger partial charge in [-0.05, 0) is 43.6 Å². The van der Waals surface area contributed by atoms with Gasteiger partial charge in [-0.15, -0.1) is 0 Å². The van der Waals surface area contributed by atoms with E-state index in [2.05, 4.69) is 6.92 Å². The van der Waals surface area contributed by atoms with Crippen LogP contribution in [-0.4, -0.2) is 17.0 Å². The molecule has 2 aliphatic carbocycles. The van der Waals surface area contributed by atoms with Crippen molar-refractivity contribution in [3.8, 4) is 0 Å². The normalized spacial score (nSPS) is 38.5. The molecule has 2 heteroatoms. The summed E-state index contributed by atoms with van der Waals surface area (Å²) in [6, 6.07) is 0. The van der Waals surface area contributed by atoms with Crippen LogP contribution in [0, 0.1) is 5.41 Å². The van der Waals surface area contributed by atoms with E-state index in [-0.39, 0.29) is 11.2 Å². The molecule has 2 nitrogen and oxygen atoms in total. The molecule has 1 N–H and O–H groups in total. The van der Waals surface area contributed by atoms with Crippen LogP contribution in [0.4, 0.5) is 0 Å². The average molecular weight is 194 g/mol. The summed E-state index contributed by atoms with van der Waals surface area (Å²) >= 11 is 0. The Morgan fingerprint density at radius 1 is 1.43 bits per heavy atom. The van der Waals surface area contributed by atoms with E-state index in [0.29, 0.717) is 6.42 Å². The van der Waals surface area contributed by atoms with E-state index >= 15 is 0 Å². The van der Waals surface area contributed by atoms with Gasteiger partial charge >= 0.3 is 0 Å². The molecule has 0 aliphatic heterocycles. The first-order chi connectivity index (χ1) is 6.54. The number of allylic oxidation sites excluding steroid dienone is 1. The molecule has 0 bridgehead atoms. The summed E-state index contributed by atoms with van der Waals surface area (Å²) in [7, 11) is 0. The fraction of sp³-hybridized carbons (Fsp3) is 0.750. The summed E-state index contributed by atoms with van der Waals surface area (Å²) in [4.78, 5) is 11.6. The summed E-state index contributed by atoms with van der Waals surface area (Å²) in [6.07, 6.45) is 4.50. The van der Waals surface area contributed by atoms with Gasteiger partial charge < -0.3 is 5.11 Å².